The van der Waals surface area contributed by atoms with Crippen molar-refractivity contribution in [2.45, 2.75) is 26.8 Å². The largest absolute Gasteiger partial charge is 0.302 e. The number of hydrogen-bond acceptors (Lipinski definition) is 3. The van der Waals surface area contributed by atoms with Crippen LogP contribution in [0.25, 0.3) is 0 Å². The summed E-state index contributed by atoms with van der Waals surface area (Å²) in [5, 5.41) is 0. The molecule has 1 rings (SSSR count). The van der Waals surface area contributed by atoms with E-state index in [2.05, 4.69) is 18.7 Å². The van der Waals surface area contributed by atoms with Crippen LogP contribution in [-0.2, 0) is 6.54 Å². The first-order valence-electron chi connectivity index (χ1n) is 6.45. The Kier molecular flexibility index (Phi) is 5.92. The first-order valence-corrected chi connectivity index (χ1v) is 6.45. The molecule has 1 amide bonds. The number of nitrogens with two attached hydrogens (primary N) is 1. The Morgan fingerprint density at radius 1 is 1.53 bits per heavy atom. The lowest BCUT2D eigenvalue weighted by Gasteiger charge is -2.21. The molecule has 0 spiro atoms. The fourth-order valence-corrected chi connectivity index (χ4v) is 1.94. The zero-order valence-corrected chi connectivity index (χ0v) is 11.7. The van der Waals surface area contributed by atoms with Crippen molar-refractivity contribution in [1.82, 2.24) is 10.3 Å². The van der Waals surface area contributed by atoms with Crippen molar-refractivity contribution in [3.05, 3.63) is 35.1 Å². The second-order valence-electron chi connectivity index (χ2n) is 4.99. The SMILES string of the molecule is CCC(C)CN(C)Cc1cc(C(=O)NN)ccc1F. The van der Waals surface area contributed by atoms with Gasteiger partial charge in [0.25, 0.3) is 5.91 Å². The number of carbonyl (C=O) groups excluding carboxylic acids is 1. The summed E-state index contributed by atoms with van der Waals surface area (Å²) in [6, 6.07) is 4.28. The zero-order valence-electron chi connectivity index (χ0n) is 11.7. The van der Waals surface area contributed by atoms with Crippen LogP contribution in [0.15, 0.2) is 18.2 Å². The molecule has 5 heteroatoms. The summed E-state index contributed by atoms with van der Waals surface area (Å²) in [7, 11) is 1.95. The molecule has 1 unspecified atom stereocenters. The standard InChI is InChI=1S/C14H22FN3O/c1-4-10(2)8-18(3)9-12-7-11(14(19)17-16)5-6-13(12)15/h5-7,10H,4,8-9,16H2,1-3H3,(H,17,19). The minimum absolute atomic E-state index is 0.301. The van der Waals surface area contributed by atoms with E-state index in [4.69, 9.17) is 5.84 Å². The third kappa shape index (κ3) is 4.61. The van der Waals surface area contributed by atoms with E-state index in [-0.39, 0.29) is 5.82 Å². The molecule has 1 atom stereocenters. The van der Waals surface area contributed by atoms with Crippen molar-refractivity contribution < 1.29 is 9.18 Å². The van der Waals surface area contributed by atoms with E-state index >= 15 is 0 Å². The van der Waals surface area contributed by atoms with E-state index in [1.54, 1.807) is 6.07 Å². The molecule has 0 saturated carbocycles. The van der Waals surface area contributed by atoms with E-state index < -0.39 is 5.91 Å². The average Bonchev–Trinajstić information content (AvgIpc) is 2.40. The summed E-state index contributed by atoms with van der Waals surface area (Å²) in [4.78, 5) is 13.5. The second-order valence-corrected chi connectivity index (χ2v) is 4.99. The molecule has 0 aliphatic heterocycles. The average molecular weight is 267 g/mol. The van der Waals surface area contributed by atoms with Crippen LogP contribution in [0.5, 0.6) is 0 Å². The number of halogens is 1. The van der Waals surface area contributed by atoms with Crippen molar-refractivity contribution in [3.8, 4) is 0 Å². The summed E-state index contributed by atoms with van der Waals surface area (Å²) >= 11 is 0. The fraction of sp³-hybridized carbons (Fsp3) is 0.500. The number of nitrogen functional groups attached to an aromatic ring is 1. The zero-order chi connectivity index (χ0) is 14.4. The molecule has 4 nitrogen and oxygen atoms in total. The Labute approximate surface area is 113 Å². The van der Waals surface area contributed by atoms with Crippen molar-refractivity contribution in [2.75, 3.05) is 13.6 Å². The van der Waals surface area contributed by atoms with Crippen LogP contribution < -0.4 is 11.3 Å². The fourth-order valence-electron chi connectivity index (χ4n) is 1.94. The summed E-state index contributed by atoms with van der Waals surface area (Å²) < 4.78 is 13.7. The second kappa shape index (κ2) is 7.21. The minimum Gasteiger partial charge on any atom is -0.302 e. The molecule has 0 aromatic heterocycles. The highest BCUT2D eigenvalue weighted by molar-refractivity contribution is 5.93. The van der Waals surface area contributed by atoms with Gasteiger partial charge in [0.1, 0.15) is 5.82 Å². The molecular weight excluding hydrogens is 245 g/mol. The van der Waals surface area contributed by atoms with Gasteiger partial charge in [-0.15, -0.1) is 0 Å². The van der Waals surface area contributed by atoms with Gasteiger partial charge in [-0.25, -0.2) is 10.2 Å². The predicted octanol–water partition coefficient (Wildman–Crippen LogP) is 1.91. The highest BCUT2D eigenvalue weighted by atomic mass is 19.1. The molecule has 0 aliphatic rings. The maximum Gasteiger partial charge on any atom is 0.265 e. The summed E-state index contributed by atoms with van der Waals surface area (Å²) in [5.74, 6) is 4.92. The van der Waals surface area contributed by atoms with Crippen LogP contribution in [0.1, 0.15) is 36.2 Å². The molecule has 19 heavy (non-hydrogen) atoms. The minimum atomic E-state index is -0.411. The monoisotopic (exact) mass is 267 g/mol. The van der Waals surface area contributed by atoms with Crippen LogP contribution in [0.3, 0.4) is 0 Å². The van der Waals surface area contributed by atoms with Crippen molar-refractivity contribution in [1.29, 1.82) is 0 Å². The Hall–Kier alpha value is -1.46. The highest BCUT2D eigenvalue weighted by Gasteiger charge is 2.11. The molecule has 0 heterocycles. The Bertz CT molecular complexity index is 437. The van der Waals surface area contributed by atoms with E-state index in [1.807, 2.05) is 12.5 Å². The van der Waals surface area contributed by atoms with Gasteiger partial charge in [-0.3, -0.25) is 10.2 Å². The van der Waals surface area contributed by atoms with E-state index in [9.17, 15) is 9.18 Å². The number of nitrogens with zero attached hydrogens (tertiary/aromatic N) is 1. The molecule has 0 bridgehead atoms. The number of hydrogen-bond donors (Lipinski definition) is 2. The third-order valence-electron chi connectivity index (χ3n) is 3.20. The third-order valence-corrected chi connectivity index (χ3v) is 3.20. The molecule has 0 radical (unpaired) electrons. The van der Waals surface area contributed by atoms with E-state index in [0.29, 0.717) is 23.6 Å². The van der Waals surface area contributed by atoms with Crippen LogP contribution in [-0.4, -0.2) is 24.4 Å². The topological polar surface area (TPSA) is 58.4 Å². The molecule has 0 saturated heterocycles. The predicted molar refractivity (Wildman–Crippen MR) is 73.8 cm³/mol. The molecule has 1 aromatic rings. The van der Waals surface area contributed by atoms with Gasteiger partial charge < -0.3 is 4.90 Å². The number of rotatable bonds is 6. The Balaban J connectivity index is 2.79. The Morgan fingerprint density at radius 2 is 2.21 bits per heavy atom. The number of nitrogens with one attached hydrogen (secondary N) is 1. The van der Waals surface area contributed by atoms with E-state index in [1.165, 1.54) is 12.1 Å². The van der Waals surface area contributed by atoms with E-state index in [0.717, 1.165) is 13.0 Å². The smallest absolute Gasteiger partial charge is 0.265 e. The quantitative estimate of drug-likeness (QED) is 0.470. The number of benzene rings is 1. The van der Waals surface area contributed by atoms with Gasteiger partial charge in [-0.1, -0.05) is 20.3 Å². The molecule has 3 N–H and O–H groups in total. The van der Waals surface area contributed by atoms with Crippen LogP contribution in [0.4, 0.5) is 4.39 Å². The highest BCUT2D eigenvalue weighted by Crippen LogP contribution is 2.14. The van der Waals surface area contributed by atoms with Crippen molar-refractivity contribution >= 4 is 5.91 Å². The Morgan fingerprint density at radius 3 is 2.79 bits per heavy atom. The summed E-state index contributed by atoms with van der Waals surface area (Å²) in [5.41, 5.74) is 2.93. The summed E-state index contributed by atoms with van der Waals surface area (Å²) in [6.07, 6.45) is 1.09. The molecule has 0 aliphatic carbocycles. The number of amides is 1. The first kappa shape index (κ1) is 15.6. The van der Waals surface area contributed by atoms with Crippen molar-refractivity contribution in [3.63, 3.8) is 0 Å². The number of hydrazine groups is 1. The van der Waals surface area contributed by atoms with Crippen molar-refractivity contribution in [2.24, 2.45) is 11.8 Å². The molecule has 1 aromatic carbocycles. The van der Waals surface area contributed by atoms with Gasteiger partial charge in [0.2, 0.25) is 0 Å². The normalized spacial score (nSPS) is 12.5. The lowest BCUT2D eigenvalue weighted by molar-refractivity contribution is 0.0953. The van der Waals surface area contributed by atoms with Crippen LogP contribution >= 0.6 is 0 Å². The number of carbonyl (C=O) groups is 1. The maximum absolute atomic E-state index is 13.7. The molecule has 0 fully saturated rings. The van der Waals surface area contributed by atoms with Gasteiger partial charge in [0.05, 0.1) is 0 Å². The lowest BCUT2D eigenvalue weighted by Crippen LogP contribution is -2.30. The van der Waals surface area contributed by atoms with Crippen LogP contribution in [0.2, 0.25) is 0 Å². The van der Waals surface area contributed by atoms with Gasteiger partial charge in [-0.05, 0) is 31.2 Å². The van der Waals surface area contributed by atoms with Gasteiger partial charge >= 0.3 is 0 Å². The molecular formula is C14H22FN3O. The molecule has 106 valence electrons. The van der Waals surface area contributed by atoms with Gasteiger partial charge in [0, 0.05) is 24.2 Å². The first-order chi connectivity index (χ1) is 8.97. The van der Waals surface area contributed by atoms with Gasteiger partial charge in [-0.2, -0.15) is 0 Å². The maximum atomic E-state index is 13.7. The summed E-state index contributed by atoms with van der Waals surface area (Å²) in [6.45, 7) is 5.65. The van der Waals surface area contributed by atoms with Gasteiger partial charge in [0.15, 0.2) is 0 Å². The lowest BCUT2D eigenvalue weighted by atomic mass is 10.1. The van der Waals surface area contributed by atoms with Crippen LogP contribution in [0, 0.1) is 11.7 Å².